The highest BCUT2D eigenvalue weighted by Gasteiger charge is 2.31. The summed E-state index contributed by atoms with van der Waals surface area (Å²) >= 11 is 0. The summed E-state index contributed by atoms with van der Waals surface area (Å²) < 4.78 is 0. The first-order valence-electron chi connectivity index (χ1n) is 8.20. The van der Waals surface area contributed by atoms with Gasteiger partial charge in [0, 0.05) is 19.1 Å². The van der Waals surface area contributed by atoms with E-state index < -0.39 is 0 Å². The summed E-state index contributed by atoms with van der Waals surface area (Å²) in [5.74, 6) is 0.852. The van der Waals surface area contributed by atoms with Crippen LogP contribution in [0.5, 0.6) is 0 Å². The minimum absolute atomic E-state index is 0.771. The average Bonchev–Trinajstić information content (AvgIpc) is 3.34. The lowest BCUT2D eigenvalue weighted by Gasteiger charge is -2.30. The van der Waals surface area contributed by atoms with Crippen LogP contribution in [-0.4, -0.2) is 30.6 Å². The third kappa shape index (κ3) is 3.84. The summed E-state index contributed by atoms with van der Waals surface area (Å²) in [6.07, 6.45) is 5.35. The summed E-state index contributed by atoms with van der Waals surface area (Å²) in [7, 11) is 0. The normalized spacial score (nSPS) is 19.7. The fraction of sp³-hybridized carbons (Fsp3) is 0.611. The van der Waals surface area contributed by atoms with Gasteiger partial charge in [-0.25, -0.2) is 0 Å². The van der Waals surface area contributed by atoms with Gasteiger partial charge in [0.05, 0.1) is 11.6 Å². The highest BCUT2D eigenvalue weighted by Crippen LogP contribution is 2.31. The van der Waals surface area contributed by atoms with Crippen molar-refractivity contribution in [2.24, 2.45) is 5.92 Å². The average molecular weight is 283 g/mol. The molecule has 0 aromatic heterocycles. The van der Waals surface area contributed by atoms with Crippen molar-refractivity contribution in [3.8, 4) is 6.07 Å². The summed E-state index contributed by atoms with van der Waals surface area (Å²) in [6, 6.07) is 9.15. The lowest BCUT2D eigenvalue weighted by molar-refractivity contribution is 0.190. The molecule has 3 heteroatoms. The van der Waals surface area contributed by atoms with Crippen molar-refractivity contribution < 1.29 is 0 Å². The summed E-state index contributed by atoms with van der Waals surface area (Å²) in [5, 5.41) is 12.4. The Labute approximate surface area is 128 Å². The highest BCUT2D eigenvalue weighted by molar-refractivity contribution is 5.37. The van der Waals surface area contributed by atoms with Crippen molar-refractivity contribution in [1.29, 1.82) is 5.26 Å². The first-order valence-corrected chi connectivity index (χ1v) is 8.20. The van der Waals surface area contributed by atoms with Crippen molar-refractivity contribution in [2.75, 3.05) is 19.6 Å². The summed E-state index contributed by atoms with van der Waals surface area (Å²) in [6.45, 7) is 6.78. The molecule has 0 radical (unpaired) electrons. The lowest BCUT2D eigenvalue weighted by Crippen LogP contribution is -2.37. The van der Waals surface area contributed by atoms with E-state index in [-0.39, 0.29) is 0 Å². The first kappa shape index (κ1) is 14.6. The van der Waals surface area contributed by atoms with Gasteiger partial charge in [0.1, 0.15) is 0 Å². The zero-order chi connectivity index (χ0) is 14.7. The first-order chi connectivity index (χ1) is 10.3. The molecule has 1 heterocycles. The summed E-state index contributed by atoms with van der Waals surface area (Å²) in [5.41, 5.74) is 3.41. The molecule has 3 rings (SSSR count). The van der Waals surface area contributed by atoms with Crippen LogP contribution in [-0.2, 0) is 6.54 Å². The predicted octanol–water partition coefficient (Wildman–Crippen LogP) is 2.83. The van der Waals surface area contributed by atoms with Crippen LogP contribution in [0.1, 0.15) is 42.4 Å². The van der Waals surface area contributed by atoms with E-state index in [1.807, 2.05) is 12.1 Å². The van der Waals surface area contributed by atoms with Gasteiger partial charge >= 0.3 is 0 Å². The molecule has 0 atom stereocenters. The second-order valence-corrected chi connectivity index (χ2v) is 6.61. The van der Waals surface area contributed by atoms with Crippen molar-refractivity contribution in [3.05, 3.63) is 34.9 Å². The third-order valence-electron chi connectivity index (χ3n) is 4.86. The van der Waals surface area contributed by atoms with E-state index in [0.29, 0.717) is 0 Å². The van der Waals surface area contributed by atoms with Gasteiger partial charge in [-0.15, -0.1) is 0 Å². The molecule has 0 amide bonds. The Morgan fingerprint density at radius 3 is 2.62 bits per heavy atom. The van der Waals surface area contributed by atoms with E-state index >= 15 is 0 Å². The number of aryl methyl sites for hydroxylation is 1. The molecule has 1 aromatic carbocycles. The SMILES string of the molecule is Cc1cc(C#N)ccc1CN(CC1CCNCC1)C1CC1. The molecule has 1 saturated heterocycles. The maximum Gasteiger partial charge on any atom is 0.0991 e. The maximum absolute atomic E-state index is 8.98. The molecule has 1 saturated carbocycles. The number of benzene rings is 1. The minimum Gasteiger partial charge on any atom is -0.317 e. The van der Waals surface area contributed by atoms with Crippen LogP contribution in [0, 0.1) is 24.2 Å². The van der Waals surface area contributed by atoms with E-state index in [1.54, 1.807) is 0 Å². The Morgan fingerprint density at radius 1 is 1.24 bits per heavy atom. The molecule has 1 aliphatic carbocycles. The van der Waals surface area contributed by atoms with Gasteiger partial charge in [-0.3, -0.25) is 4.90 Å². The van der Waals surface area contributed by atoms with Gasteiger partial charge in [0.15, 0.2) is 0 Å². The van der Waals surface area contributed by atoms with E-state index in [1.165, 1.54) is 56.4 Å². The molecule has 1 N–H and O–H groups in total. The Hall–Kier alpha value is -1.37. The lowest BCUT2D eigenvalue weighted by atomic mass is 9.97. The number of nitrogens with zero attached hydrogens (tertiary/aromatic N) is 2. The fourth-order valence-electron chi connectivity index (χ4n) is 3.34. The van der Waals surface area contributed by atoms with Gasteiger partial charge in [-0.2, -0.15) is 5.26 Å². The Balaban J connectivity index is 1.66. The molecular weight excluding hydrogens is 258 g/mol. The Bertz CT molecular complexity index is 522. The molecule has 0 spiro atoms. The number of hydrogen-bond donors (Lipinski definition) is 1. The molecule has 3 nitrogen and oxygen atoms in total. The van der Waals surface area contributed by atoms with Crippen LogP contribution in [0.15, 0.2) is 18.2 Å². The highest BCUT2D eigenvalue weighted by atomic mass is 15.2. The molecule has 2 fully saturated rings. The van der Waals surface area contributed by atoms with Crippen LogP contribution in [0.4, 0.5) is 0 Å². The number of nitriles is 1. The molecule has 1 aliphatic heterocycles. The Kier molecular flexibility index (Phi) is 4.57. The number of hydrogen-bond acceptors (Lipinski definition) is 3. The largest absolute Gasteiger partial charge is 0.317 e. The molecule has 2 aliphatic rings. The molecule has 112 valence electrons. The van der Waals surface area contributed by atoms with Gasteiger partial charge in [-0.05, 0) is 74.9 Å². The predicted molar refractivity (Wildman–Crippen MR) is 84.9 cm³/mol. The van der Waals surface area contributed by atoms with Crippen LogP contribution < -0.4 is 5.32 Å². The van der Waals surface area contributed by atoms with Gasteiger partial charge in [-0.1, -0.05) is 6.07 Å². The molecule has 0 unspecified atom stereocenters. The quantitative estimate of drug-likeness (QED) is 0.903. The zero-order valence-electron chi connectivity index (χ0n) is 12.9. The van der Waals surface area contributed by atoms with Gasteiger partial charge in [0.25, 0.3) is 0 Å². The molecule has 1 aromatic rings. The Morgan fingerprint density at radius 2 is 2.00 bits per heavy atom. The van der Waals surface area contributed by atoms with Crippen LogP contribution >= 0.6 is 0 Å². The smallest absolute Gasteiger partial charge is 0.0991 e. The monoisotopic (exact) mass is 283 g/mol. The maximum atomic E-state index is 8.98. The van der Waals surface area contributed by atoms with E-state index in [4.69, 9.17) is 5.26 Å². The molecule has 21 heavy (non-hydrogen) atoms. The standard InChI is InChI=1S/C18H25N3/c1-14-10-16(11-19)2-3-17(14)13-21(18-4-5-18)12-15-6-8-20-9-7-15/h2-3,10,15,18,20H,4-9,12-13H2,1H3. The molecular formula is C18H25N3. The topological polar surface area (TPSA) is 39.1 Å². The molecule has 0 bridgehead atoms. The number of nitrogens with one attached hydrogen (secondary N) is 1. The van der Waals surface area contributed by atoms with E-state index in [9.17, 15) is 0 Å². The number of rotatable bonds is 5. The second kappa shape index (κ2) is 6.60. The minimum atomic E-state index is 0.771. The third-order valence-corrected chi connectivity index (χ3v) is 4.86. The van der Waals surface area contributed by atoms with Gasteiger partial charge < -0.3 is 5.32 Å². The number of piperidine rings is 1. The van der Waals surface area contributed by atoms with E-state index in [2.05, 4.69) is 29.3 Å². The van der Waals surface area contributed by atoms with Crippen molar-refractivity contribution in [3.63, 3.8) is 0 Å². The van der Waals surface area contributed by atoms with Crippen LogP contribution in [0.2, 0.25) is 0 Å². The summed E-state index contributed by atoms with van der Waals surface area (Å²) in [4.78, 5) is 2.68. The van der Waals surface area contributed by atoms with Crippen molar-refractivity contribution in [2.45, 2.75) is 45.2 Å². The van der Waals surface area contributed by atoms with Crippen LogP contribution in [0.3, 0.4) is 0 Å². The zero-order valence-corrected chi connectivity index (χ0v) is 12.9. The van der Waals surface area contributed by atoms with Crippen molar-refractivity contribution >= 4 is 0 Å². The van der Waals surface area contributed by atoms with Crippen LogP contribution in [0.25, 0.3) is 0 Å². The fourth-order valence-corrected chi connectivity index (χ4v) is 3.34. The van der Waals surface area contributed by atoms with Gasteiger partial charge in [0.2, 0.25) is 0 Å². The second-order valence-electron chi connectivity index (χ2n) is 6.61. The van der Waals surface area contributed by atoms with E-state index in [0.717, 1.165) is 24.1 Å². The van der Waals surface area contributed by atoms with Crippen molar-refractivity contribution in [1.82, 2.24) is 10.2 Å².